The van der Waals surface area contributed by atoms with E-state index in [2.05, 4.69) is 0 Å². The summed E-state index contributed by atoms with van der Waals surface area (Å²) in [5, 5.41) is 0. The molecule has 0 radical (unpaired) electrons. The van der Waals surface area contributed by atoms with E-state index in [1.807, 2.05) is 0 Å². The molecule has 0 aliphatic heterocycles. The number of hydrogen-bond donors (Lipinski definition) is 0. The standard InChI is InChI=1S/C14H17FO2/c1-10(16)14-12(15)6-3-7-13(14)17-9-8-11-4-2-5-11/h3,6-7,11H,2,4-5,8-9H2,1H3. The van der Waals surface area contributed by atoms with Crippen molar-refractivity contribution >= 4 is 5.78 Å². The molecule has 0 bridgehead atoms. The molecule has 0 unspecified atom stereocenters. The molecular weight excluding hydrogens is 219 g/mol. The second kappa shape index (κ2) is 5.30. The van der Waals surface area contributed by atoms with Crippen LogP contribution in [-0.2, 0) is 0 Å². The predicted octanol–water partition coefficient (Wildman–Crippen LogP) is 3.60. The molecule has 0 atom stereocenters. The van der Waals surface area contributed by atoms with E-state index in [-0.39, 0.29) is 11.3 Å². The van der Waals surface area contributed by atoms with E-state index < -0.39 is 5.82 Å². The van der Waals surface area contributed by atoms with Crippen LogP contribution in [0.5, 0.6) is 5.75 Å². The molecule has 1 aromatic rings. The van der Waals surface area contributed by atoms with Gasteiger partial charge in [-0.3, -0.25) is 4.79 Å². The van der Waals surface area contributed by atoms with Crippen molar-refractivity contribution in [2.24, 2.45) is 5.92 Å². The van der Waals surface area contributed by atoms with Crippen molar-refractivity contribution in [3.05, 3.63) is 29.6 Å². The van der Waals surface area contributed by atoms with Gasteiger partial charge in [-0.25, -0.2) is 4.39 Å². The van der Waals surface area contributed by atoms with E-state index >= 15 is 0 Å². The van der Waals surface area contributed by atoms with Crippen molar-refractivity contribution in [1.82, 2.24) is 0 Å². The molecule has 0 heterocycles. The third-order valence-corrected chi connectivity index (χ3v) is 3.34. The van der Waals surface area contributed by atoms with Gasteiger partial charge in [0.2, 0.25) is 0 Å². The highest BCUT2D eigenvalue weighted by Gasteiger charge is 2.18. The summed E-state index contributed by atoms with van der Waals surface area (Å²) in [5.74, 6) is 0.335. The first-order chi connectivity index (χ1) is 8.18. The Kier molecular flexibility index (Phi) is 3.77. The van der Waals surface area contributed by atoms with Crippen LogP contribution in [-0.4, -0.2) is 12.4 Å². The Balaban J connectivity index is 1.98. The monoisotopic (exact) mass is 236 g/mol. The number of ketones is 1. The lowest BCUT2D eigenvalue weighted by atomic mass is 9.83. The molecule has 0 spiro atoms. The lowest BCUT2D eigenvalue weighted by molar-refractivity contribution is 0.100. The minimum absolute atomic E-state index is 0.0705. The SMILES string of the molecule is CC(=O)c1c(F)cccc1OCCC1CCC1. The minimum Gasteiger partial charge on any atom is -0.493 e. The van der Waals surface area contributed by atoms with Crippen molar-refractivity contribution in [2.75, 3.05) is 6.61 Å². The highest BCUT2D eigenvalue weighted by molar-refractivity contribution is 5.97. The fourth-order valence-electron chi connectivity index (χ4n) is 2.08. The lowest BCUT2D eigenvalue weighted by Gasteiger charge is -2.25. The fourth-order valence-corrected chi connectivity index (χ4v) is 2.08. The van der Waals surface area contributed by atoms with Gasteiger partial charge in [0.1, 0.15) is 11.6 Å². The van der Waals surface area contributed by atoms with Crippen LogP contribution in [0, 0.1) is 11.7 Å². The molecule has 1 aliphatic carbocycles. The van der Waals surface area contributed by atoms with Gasteiger partial charge in [0.05, 0.1) is 12.2 Å². The van der Waals surface area contributed by atoms with Crippen LogP contribution < -0.4 is 4.74 Å². The Bertz CT molecular complexity index is 411. The van der Waals surface area contributed by atoms with E-state index in [1.165, 1.54) is 32.3 Å². The number of rotatable bonds is 5. The van der Waals surface area contributed by atoms with Gasteiger partial charge >= 0.3 is 0 Å². The molecule has 1 aliphatic rings. The van der Waals surface area contributed by atoms with Gasteiger partial charge in [-0.1, -0.05) is 25.3 Å². The second-order valence-corrected chi connectivity index (χ2v) is 4.60. The zero-order valence-electron chi connectivity index (χ0n) is 10.0. The Labute approximate surface area is 101 Å². The Morgan fingerprint density at radius 3 is 2.82 bits per heavy atom. The molecule has 1 aromatic carbocycles. The van der Waals surface area contributed by atoms with E-state index in [0.717, 1.165) is 12.3 Å². The molecular formula is C14H17FO2. The summed E-state index contributed by atoms with van der Waals surface area (Å²) in [4.78, 5) is 11.3. The van der Waals surface area contributed by atoms with E-state index in [1.54, 1.807) is 12.1 Å². The topological polar surface area (TPSA) is 26.3 Å². The summed E-state index contributed by atoms with van der Waals surface area (Å²) in [7, 11) is 0. The van der Waals surface area contributed by atoms with Gasteiger partial charge in [0.15, 0.2) is 5.78 Å². The minimum atomic E-state index is -0.501. The van der Waals surface area contributed by atoms with Gasteiger partial charge in [-0.15, -0.1) is 0 Å². The van der Waals surface area contributed by atoms with Crippen molar-refractivity contribution < 1.29 is 13.9 Å². The highest BCUT2D eigenvalue weighted by atomic mass is 19.1. The van der Waals surface area contributed by atoms with Crippen molar-refractivity contribution in [3.8, 4) is 5.75 Å². The first kappa shape index (κ1) is 12.1. The van der Waals surface area contributed by atoms with Crippen molar-refractivity contribution in [3.63, 3.8) is 0 Å². The van der Waals surface area contributed by atoms with Crippen LogP contribution in [0.3, 0.4) is 0 Å². The van der Waals surface area contributed by atoms with Crippen molar-refractivity contribution in [2.45, 2.75) is 32.6 Å². The predicted molar refractivity (Wildman–Crippen MR) is 63.9 cm³/mol. The average molecular weight is 236 g/mol. The second-order valence-electron chi connectivity index (χ2n) is 4.60. The number of benzene rings is 1. The molecule has 1 saturated carbocycles. The summed E-state index contributed by atoms with van der Waals surface area (Å²) in [6, 6.07) is 4.51. The lowest BCUT2D eigenvalue weighted by Crippen LogP contribution is -2.15. The van der Waals surface area contributed by atoms with Gasteiger partial charge in [0, 0.05) is 0 Å². The molecule has 92 valence electrons. The van der Waals surface area contributed by atoms with E-state index in [0.29, 0.717) is 12.4 Å². The van der Waals surface area contributed by atoms with E-state index in [4.69, 9.17) is 4.74 Å². The first-order valence-electron chi connectivity index (χ1n) is 6.10. The normalized spacial score (nSPS) is 15.4. The number of Topliss-reactive ketones (excluding diaryl/α,β-unsaturated/α-hetero) is 1. The van der Waals surface area contributed by atoms with Gasteiger partial charge in [0.25, 0.3) is 0 Å². The third kappa shape index (κ3) is 2.84. The number of ether oxygens (including phenoxy) is 1. The van der Waals surface area contributed by atoms with Gasteiger partial charge in [-0.2, -0.15) is 0 Å². The number of carbonyl (C=O) groups excluding carboxylic acids is 1. The number of hydrogen-bond acceptors (Lipinski definition) is 2. The quantitative estimate of drug-likeness (QED) is 0.730. The molecule has 0 saturated heterocycles. The summed E-state index contributed by atoms with van der Waals surface area (Å²) in [6.45, 7) is 1.92. The molecule has 17 heavy (non-hydrogen) atoms. The van der Waals surface area contributed by atoms with Crippen LogP contribution in [0.4, 0.5) is 4.39 Å². The van der Waals surface area contributed by atoms with Crippen LogP contribution in [0.15, 0.2) is 18.2 Å². The maximum Gasteiger partial charge on any atom is 0.166 e. The first-order valence-corrected chi connectivity index (χ1v) is 6.10. The largest absolute Gasteiger partial charge is 0.493 e. The average Bonchev–Trinajstić information content (AvgIpc) is 2.21. The van der Waals surface area contributed by atoms with Crippen LogP contribution in [0.2, 0.25) is 0 Å². The highest BCUT2D eigenvalue weighted by Crippen LogP contribution is 2.30. The summed E-state index contributed by atoms with van der Waals surface area (Å²) >= 11 is 0. The molecule has 1 fully saturated rings. The molecule has 0 amide bonds. The van der Waals surface area contributed by atoms with Crippen LogP contribution in [0.1, 0.15) is 43.0 Å². The summed E-state index contributed by atoms with van der Waals surface area (Å²) < 4.78 is 19.0. The molecule has 0 N–H and O–H groups in total. The van der Waals surface area contributed by atoms with E-state index in [9.17, 15) is 9.18 Å². The van der Waals surface area contributed by atoms with Gasteiger partial charge in [-0.05, 0) is 31.4 Å². The molecule has 0 aromatic heterocycles. The maximum atomic E-state index is 13.5. The number of halogens is 1. The van der Waals surface area contributed by atoms with Gasteiger partial charge < -0.3 is 4.74 Å². The zero-order chi connectivity index (χ0) is 12.3. The van der Waals surface area contributed by atoms with Crippen molar-refractivity contribution in [1.29, 1.82) is 0 Å². The Morgan fingerprint density at radius 1 is 1.47 bits per heavy atom. The zero-order valence-corrected chi connectivity index (χ0v) is 10.0. The molecule has 2 nitrogen and oxygen atoms in total. The third-order valence-electron chi connectivity index (χ3n) is 3.34. The van der Waals surface area contributed by atoms with Crippen LogP contribution in [0.25, 0.3) is 0 Å². The Hall–Kier alpha value is -1.38. The Morgan fingerprint density at radius 2 is 2.24 bits per heavy atom. The van der Waals surface area contributed by atoms with Crippen LogP contribution >= 0.6 is 0 Å². The molecule has 2 rings (SSSR count). The fraction of sp³-hybridized carbons (Fsp3) is 0.500. The smallest absolute Gasteiger partial charge is 0.166 e. The molecule has 3 heteroatoms. The summed E-state index contributed by atoms with van der Waals surface area (Å²) in [6.07, 6.45) is 4.84. The summed E-state index contributed by atoms with van der Waals surface area (Å²) in [5.41, 5.74) is 0.0705. The maximum absolute atomic E-state index is 13.5. The number of carbonyl (C=O) groups is 1.